The van der Waals surface area contributed by atoms with Crippen LogP contribution < -0.4 is 4.90 Å². The van der Waals surface area contributed by atoms with Crippen molar-refractivity contribution in [1.82, 2.24) is 24.4 Å². The van der Waals surface area contributed by atoms with E-state index in [1.54, 1.807) is 23.2 Å². The Kier molecular flexibility index (Phi) is 4.25. The first kappa shape index (κ1) is 16.9. The van der Waals surface area contributed by atoms with E-state index in [4.69, 9.17) is 0 Å². The highest BCUT2D eigenvalue weighted by Gasteiger charge is 2.23. The molecule has 0 atom stereocenters. The highest BCUT2D eigenvalue weighted by Crippen LogP contribution is 2.21. The highest BCUT2D eigenvalue weighted by molar-refractivity contribution is 7.16. The van der Waals surface area contributed by atoms with Crippen LogP contribution in [0, 0.1) is 0 Å². The van der Waals surface area contributed by atoms with E-state index in [9.17, 15) is 4.79 Å². The van der Waals surface area contributed by atoms with Gasteiger partial charge in [-0.3, -0.25) is 4.79 Å². The number of thiazole rings is 1. The number of amides is 1. The van der Waals surface area contributed by atoms with Gasteiger partial charge in [0.25, 0.3) is 5.91 Å². The molecule has 8 heteroatoms. The van der Waals surface area contributed by atoms with E-state index in [1.807, 2.05) is 58.3 Å². The van der Waals surface area contributed by atoms with E-state index in [1.165, 1.54) is 0 Å². The molecule has 1 aromatic carbocycles. The van der Waals surface area contributed by atoms with Crippen molar-refractivity contribution in [3.05, 3.63) is 66.2 Å². The van der Waals surface area contributed by atoms with Crippen molar-refractivity contribution in [2.24, 2.45) is 0 Å². The summed E-state index contributed by atoms with van der Waals surface area (Å²) in [4.78, 5) is 30.0. The maximum absolute atomic E-state index is 12.9. The maximum atomic E-state index is 12.9. The average Bonchev–Trinajstić information content (AvgIpc) is 3.45. The number of nitrogens with zero attached hydrogens (tertiary/aromatic N) is 6. The number of aromatic nitrogens is 4. The van der Waals surface area contributed by atoms with Crippen molar-refractivity contribution in [3.8, 4) is 5.82 Å². The largest absolute Gasteiger partial charge is 0.353 e. The molecule has 0 bridgehead atoms. The Labute approximate surface area is 165 Å². The number of piperazine rings is 1. The van der Waals surface area contributed by atoms with Crippen LogP contribution in [0.15, 0.2) is 60.6 Å². The third-order valence-corrected chi connectivity index (χ3v) is 5.77. The topological polar surface area (TPSA) is 67.2 Å². The standard InChI is InChI=1S/C20H18N6OS/c27-20(15-3-4-16-17(11-15)28-14-23-16)26-9-7-25(8-10-26)19-12-18(21-13-22-19)24-5-1-2-6-24/h1-6,11-14H,7-10H2. The SMILES string of the molecule is O=C(c1ccc2ncsc2c1)N1CCN(c2cc(-n3cccc3)ncn2)CC1. The first-order valence-electron chi connectivity index (χ1n) is 9.11. The lowest BCUT2D eigenvalue weighted by molar-refractivity contribution is 0.0746. The second kappa shape index (κ2) is 7.05. The summed E-state index contributed by atoms with van der Waals surface area (Å²) < 4.78 is 3.00. The summed E-state index contributed by atoms with van der Waals surface area (Å²) >= 11 is 1.56. The van der Waals surface area contributed by atoms with Gasteiger partial charge in [0.05, 0.1) is 15.7 Å². The molecule has 1 saturated heterocycles. The fourth-order valence-electron chi connectivity index (χ4n) is 3.45. The monoisotopic (exact) mass is 390 g/mol. The summed E-state index contributed by atoms with van der Waals surface area (Å²) in [7, 11) is 0. The van der Waals surface area contributed by atoms with Gasteiger partial charge in [0.1, 0.15) is 18.0 Å². The van der Waals surface area contributed by atoms with Crippen molar-refractivity contribution >= 4 is 33.3 Å². The van der Waals surface area contributed by atoms with Crippen molar-refractivity contribution in [1.29, 1.82) is 0 Å². The third kappa shape index (κ3) is 3.11. The van der Waals surface area contributed by atoms with E-state index in [-0.39, 0.29) is 5.91 Å². The fraction of sp³-hybridized carbons (Fsp3) is 0.200. The molecule has 5 rings (SSSR count). The number of hydrogen-bond donors (Lipinski definition) is 0. The number of fused-ring (bicyclic) bond motifs is 1. The quantitative estimate of drug-likeness (QED) is 0.538. The van der Waals surface area contributed by atoms with E-state index < -0.39 is 0 Å². The molecule has 0 spiro atoms. The minimum absolute atomic E-state index is 0.0747. The minimum atomic E-state index is 0.0747. The number of anilines is 1. The normalized spacial score (nSPS) is 14.6. The summed E-state index contributed by atoms with van der Waals surface area (Å²) in [6.07, 6.45) is 5.51. The van der Waals surface area contributed by atoms with Gasteiger partial charge in [0.2, 0.25) is 0 Å². The summed E-state index contributed by atoms with van der Waals surface area (Å²) in [5.41, 5.74) is 3.47. The lowest BCUT2D eigenvalue weighted by Crippen LogP contribution is -2.49. The molecule has 0 radical (unpaired) electrons. The molecule has 140 valence electrons. The van der Waals surface area contributed by atoms with Gasteiger partial charge < -0.3 is 14.4 Å². The Morgan fingerprint density at radius 3 is 2.54 bits per heavy atom. The molecule has 3 aromatic heterocycles. The van der Waals surface area contributed by atoms with Crippen LogP contribution >= 0.6 is 11.3 Å². The van der Waals surface area contributed by atoms with Crippen LogP contribution in [0.2, 0.25) is 0 Å². The second-order valence-corrected chi connectivity index (χ2v) is 7.53. The average molecular weight is 390 g/mol. The number of rotatable bonds is 3. The molecule has 0 N–H and O–H groups in total. The second-order valence-electron chi connectivity index (χ2n) is 6.64. The van der Waals surface area contributed by atoms with E-state index in [0.29, 0.717) is 13.1 Å². The lowest BCUT2D eigenvalue weighted by atomic mass is 10.1. The number of hydrogen-bond acceptors (Lipinski definition) is 6. The van der Waals surface area contributed by atoms with Gasteiger partial charge in [-0.15, -0.1) is 11.3 Å². The Hall–Kier alpha value is -3.26. The molecule has 4 aromatic rings. The lowest BCUT2D eigenvalue weighted by Gasteiger charge is -2.35. The van der Waals surface area contributed by atoms with Crippen LogP contribution in [0.3, 0.4) is 0 Å². The van der Waals surface area contributed by atoms with E-state index in [0.717, 1.165) is 40.5 Å². The van der Waals surface area contributed by atoms with Crippen LogP contribution in [-0.4, -0.2) is 56.5 Å². The summed E-state index contributed by atoms with van der Waals surface area (Å²) in [5, 5.41) is 0. The van der Waals surface area contributed by atoms with Gasteiger partial charge in [-0.05, 0) is 30.3 Å². The molecule has 1 aliphatic heterocycles. The summed E-state index contributed by atoms with van der Waals surface area (Å²) in [5.74, 6) is 1.80. The van der Waals surface area contributed by atoms with E-state index >= 15 is 0 Å². The van der Waals surface area contributed by atoms with Gasteiger partial charge >= 0.3 is 0 Å². The summed E-state index contributed by atoms with van der Waals surface area (Å²) in [6.45, 7) is 2.83. The number of carbonyl (C=O) groups is 1. The zero-order chi connectivity index (χ0) is 18.9. The Balaban J connectivity index is 1.28. The van der Waals surface area contributed by atoms with E-state index in [2.05, 4.69) is 19.9 Å². The number of carbonyl (C=O) groups excluding carboxylic acids is 1. The van der Waals surface area contributed by atoms with Crippen LogP contribution in [0.5, 0.6) is 0 Å². The van der Waals surface area contributed by atoms with Crippen molar-refractivity contribution in [2.45, 2.75) is 0 Å². The van der Waals surface area contributed by atoms with Crippen LogP contribution in [-0.2, 0) is 0 Å². The molecule has 0 unspecified atom stereocenters. The van der Waals surface area contributed by atoms with Crippen molar-refractivity contribution < 1.29 is 4.79 Å². The highest BCUT2D eigenvalue weighted by atomic mass is 32.1. The molecular weight excluding hydrogens is 372 g/mol. The zero-order valence-corrected chi connectivity index (χ0v) is 15.9. The molecule has 7 nitrogen and oxygen atoms in total. The molecule has 0 saturated carbocycles. The van der Waals surface area contributed by atoms with Gasteiger partial charge in [-0.25, -0.2) is 15.0 Å². The third-order valence-electron chi connectivity index (χ3n) is 4.98. The predicted molar refractivity (Wildman–Crippen MR) is 109 cm³/mol. The zero-order valence-electron chi connectivity index (χ0n) is 15.1. The molecule has 1 aliphatic rings. The first-order chi connectivity index (χ1) is 13.8. The van der Waals surface area contributed by atoms with Gasteiger partial charge in [0, 0.05) is 50.2 Å². The van der Waals surface area contributed by atoms with Crippen molar-refractivity contribution in [3.63, 3.8) is 0 Å². The van der Waals surface area contributed by atoms with Crippen LogP contribution in [0.25, 0.3) is 16.0 Å². The smallest absolute Gasteiger partial charge is 0.254 e. The van der Waals surface area contributed by atoms with Gasteiger partial charge in [0.15, 0.2) is 0 Å². The molecular formula is C20H18N6OS. The molecule has 0 aliphatic carbocycles. The Bertz CT molecular complexity index is 1110. The van der Waals surface area contributed by atoms with Gasteiger partial charge in [-0.1, -0.05) is 0 Å². The number of benzene rings is 1. The fourth-order valence-corrected chi connectivity index (χ4v) is 4.16. The van der Waals surface area contributed by atoms with Crippen LogP contribution in [0.1, 0.15) is 10.4 Å². The predicted octanol–water partition coefficient (Wildman–Crippen LogP) is 2.84. The Morgan fingerprint density at radius 2 is 1.71 bits per heavy atom. The molecule has 1 amide bonds. The molecule has 1 fully saturated rings. The Morgan fingerprint density at radius 1 is 0.929 bits per heavy atom. The van der Waals surface area contributed by atoms with Gasteiger partial charge in [-0.2, -0.15) is 0 Å². The molecule has 28 heavy (non-hydrogen) atoms. The summed E-state index contributed by atoms with van der Waals surface area (Å²) in [6, 6.07) is 11.6. The first-order valence-corrected chi connectivity index (χ1v) is 9.99. The van der Waals surface area contributed by atoms with Crippen molar-refractivity contribution in [2.75, 3.05) is 31.1 Å². The minimum Gasteiger partial charge on any atom is -0.353 e. The maximum Gasteiger partial charge on any atom is 0.254 e. The molecule has 4 heterocycles. The van der Waals surface area contributed by atoms with Crippen LogP contribution in [0.4, 0.5) is 5.82 Å².